The first-order valence-electron chi connectivity index (χ1n) is 6.54. The van der Waals surface area contributed by atoms with Crippen molar-refractivity contribution >= 4 is 23.2 Å². The van der Waals surface area contributed by atoms with Gasteiger partial charge in [0.05, 0.1) is 12.2 Å². The Morgan fingerprint density at radius 3 is 2.90 bits per heavy atom. The monoisotopic (exact) mass is 273 g/mol. The molecule has 0 saturated heterocycles. The molecule has 0 aromatic heterocycles. The molecule has 1 aromatic rings. The number of para-hydroxylation sites is 2. The summed E-state index contributed by atoms with van der Waals surface area (Å²) in [6.45, 7) is 0.956. The van der Waals surface area contributed by atoms with E-state index in [4.69, 9.17) is 4.74 Å². The van der Waals surface area contributed by atoms with Crippen LogP contribution in [-0.4, -0.2) is 42.7 Å². The summed E-state index contributed by atoms with van der Waals surface area (Å²) in [6, 6.07) is 7.43. The Balaban J connectivity index is 1.89. The molecule has 0 atom stereocenters. The number of nitrogens with zero attached hydrogens (tertiary/aromatic N) is 3. The lowest BCUT2D eigenvalue weighted by molar-refractivity contribution is -0.130. The predicted octanol–water partition coefficient (Wildman–Crippen LogP) is 1.02. The minimum absolute atomic E-state index is 0.0658. The molecule has 0 saturated carbocycles. The highest BCUT2D eigenvalue weighted by molar-refractivity contribution is 6.44. The van der Waals surface area contributed by atoms with Crippen LogP contribution in [0.1, 0.15) is 12.8 Å². The van der Waals surface area contributed by atoms with E-state index in [2.05, 4.69) is 5.10 Å². The molecule has 3 rings (SSSR count). The second kappa shape index (κ2) is 4.96. The van der Waals surface area contributed by atoms with Crippen molar-refractivity contribution in [2.24, 2.45) is 5.10 Å². The number of hydrazone groups is 1. The molecule has 2 heterocycles. The highest BCUT2D eigenvalue weighted by Gasteiger charge is 2.29. The molecule has 0 radical (unpaired) electrons. The summed E-state index contributed by atoms with van der Waals surface area (Å²) in [5.41, 5.74) is 1.18. The fourth-order valence-corrected chi connectivity index (χ4v) is 2.36. The molecule has 20 heavy (non-hydrogen) atoms. The normalized spacial score (nSPS) is 18.2. The Morgan fingerprint density at radius 1 is 1.30 bits per heavy atom. The van der Waals surface area contributed by atoms with E-state index in [-0.39, 0.29) is 11.8 Å². The van der Waals surface area contributed by atoms with E-state index in [0.717, 1.165) is 5.69 Å². The topological polar surface area (TPSA) is 62.2 Å². The summed E-state index contributed by atoms with van der Waals surface area (Å²) in [6.07, 6.45) is 0.717. The number of benzene rings is 1. The van der Waals surface area contributed by atoms with Crippen molar-refractivity contribution in [1.29, 1.82) is 0 Å². The van der Waals surface area contributed by atoms with Crippen LogP contribution in [0.5, 0.6) is 5.75 Å². The van der Waals surface area contributed by atoms with Crippen molar-refractivity contribution in [1.82, 2.24) is 5.01 Å². The molecule has 0 N–H and O–H groups in total. The maximum Gasteiger partial charge on any atom is 0.274 e. The molecular weight excluding hydrogens is 258 g/mol. The fourth-order valence-electron chi connectivity index (χ4n) is 2.36. The average molecular weight is 273 g/mol. The van der Waals surface area contributed by atoms with Gasteiger partial charge in [-0.25, -0.2) is 5.01 Å². The van der Waals surface area contributed by atoms with Crippen LogP contribution < -0.4 is 9.64 Å². The molecule has 104 valence electrons. The van der Waals surface area contributed by atoms with E-state index >= 15 is 0 Å². The highest BCUT2D eigenvalue weighted by Crippen LogP contribution is 2.31. The third-order valence-corrected chi connectivity index (χ3v) is 3.43. The van der Waals surface area contributed by atoms with E-state index in [1.54, 1.807) is 11.9 Å². The van der Waals surface area contributed by atoms with E-state index in [9.17, 15) is 9.59 Å². The zero-order valence-corrected chi connectivity index (χ0v) is 11.2. The van der Waals surface area contributed by atoms with Crippen LogP contribution in [0.3, 0.4) is 0 Å². The molecule has 0 spiro atoms. The summed E-state index contributed by atoms with van der Waals surface area (Å²) in [7, 11) is 1.57. The lowest BCUT2D eigenvalue weighted by Gasteiger charge is -2.30. The zero-order chi connectivity index (χ0) is 14.1. The predicted molar refractivity (Wildman–Crippen MR) is 73.7 cm³/mol. The number of rotatable bonds is 1. The van der Waals surface area contributed by atoms with Gasteiger partial charge >= 0.3 is 0 Å². The smallest absolute Gasteiger partial charge is 0.274 e. The third-order valence-electron chi connectivity index (χ3n) is 3.43. The number of hydrogen-bond acceptors (Lipinski definition) is 4. The largest absolute Gasteiger partial charge is 0.490 e. The van der Waals surface area contributed by atoms with Crippen LogP contribution in [0, 0.1) is 0 Å². The first kappa shape index (κ1) is 12.7. The Labute approximate surface area is 116 Å². The van der Waals surface area contributed by atoms with Crippen LogP contribution in [0.25, 0.3) is 0 Å². The van der Waals surface area contributed by atoms with Crippen LogP contribution in [0.4, 0.5) is 5.69 Å². The number of ether oxygens (including phenoxy) is 1. The van der Waals surface area contributed by atoms with Gasteiger partial charge in [0.15, 0.2) is 0 Å². The van der Waals surface area contributed by atoms with Crippen LogP contribution in [-0.2, 0) is 9.59 Å². The van der Waals surface area contributed by atoms with Crippen LogP contribution in [0.2, 0.25) is 0 Å². The molecule has 2 amide bonds. The molecule has 6 nitrogen and oxygen atoms in total. The second-order valence-electron chi connectivity index (χ2n) is 4.74. The van der Waals surface area contributed by atoms with Crippen molar-refractivity contribution < 1.29 is 14.3 Å². The van der Waals surface area contributed by atoms with E-state index in [1.807, 2.05) is 24.3 Å². The summed E-state index contributed by atoms with van der Waals surface area (Å²) >= 11 is 0. The molecular formula is C14H15N3O3. The number of carbonyl (C=O) groups is 2. The van der Waals surface area contributed by atoms with E-state index in [0.29, 0.717) is 37.5 Å². The molecule has 2 aliphatic rings. The van der Waals surface area contributed by atoms with Crippen molar-refractivity contribution in [3.8, 4) is 5.75 Å². The molecule has 2 aliphatic heterocycles. The van der Waals surface area contributed by atoms with Gasteiger partial charge in [-0.1, -0.05) is 12.1 Å². The fraction of sp³-hybridized carbons (Fsp3) is 0.357. The summed E-state index contributed by atoms with van der Waals surface area (Å²) < 4.78 is 5.53. The van der Waals surface area contributed by atoms with E-state index in [1.165, 1.54) is 5.01 Å². The van der Waals surface area contributed by atoms with Gasteiger partial charge in [0.25, 0.3) is 5.91 Å². The Morgan fingerprint density at radius 2 is 2.10 bits per heavy atom. The number of hydrogen-bond donors (Lipinski definition) is 0. The first-order valence-corrected chi connectivity index (χ1v) is 6.54. The second-order valence-corrected chi connectivity index (χ2v) is 4.74. The Bertz CT molecular complexity index is 597. The number of fused-ring (bicyclic) bond motifs is 1. The van der Waals surface area contributed by atoms with Gasteiger partial charge in [-0.2, -0.15) is 5.10 Å². The van der Waals surface area contributed by atoms with Crippen molar-refractivity contribution in [2.45, 2.75) is 12.8 Å². The Kier molecular flexibility index (Phi) is 3.14. The van der Waals surface area contributed by atoms with Gasteiger partial charge in [0.1, 0.15) is 18.1 Å². The minimum Gasteiger partial charge on any atom is -0.490 e. The van der Waals surface area contributed by atoms with Crippen molar-refractivity contribution in [2.75, 3.05) is 25.1 Å². The standard InChI is InChI=1S/C14H15N3O3/c1-16-13(18)7-6-10(15-16)14(19)17-8-9-20-12-5-3-2-4-11(12)17/h2-5H,6-9H2,1H3. The first-order chi connectivity index (χ1) is 9.66. The third kappa shape index (κ3) is 2.13. The van der Waals surface area contributed by atoms with Crippen molar-refractivity contribution in [3.05, 3.63) is 24.3 Å². The highest BCUT2D eigenvalue weighted by atomic mass is 16.5. The summed E-state index contributed by atoms with van der Waals surface area (Å²) in [4.78, 5) is 25.6. The van der Waals surface area contributed by atoms with Gasteiger partial charge in [-0.3, -0.25) is 9.59 Å². The summed E-state index contributed by atoms with van der Waals surface area (Å²) in [5, 5.41) is 5.32. The Hall–Kier alpha value is -2.37. The maximum absolute atomic E-state index is 12.6. The average Bonchev–Trinajstić information content (AvgIpc) is 2.49. The zero-order valence-electron chi connectivity index (χ0n) is 11.2. The molecule has 0 aliphatic carbocycles. The van der Waals surface area contributed by atoms with Crippen molar-refractivity contribution in [3.63, 3.8) is 0 Å². The molecule has 0 fully saturated rings. The quantitative estimate of drug-likeness (QED) is 0.767. The number of amides is 2. The van der Waals surface area contributed by atoms with Gasteiger partial charge < -0.3 is 9.64 Å². The molecule has 0 bridgehead atoms. The van der Waals surface area contributed by atoms with Gasteiger partial charge in [0, 0.05) is 19.9 Å². The summed E-state index contributed by atoms with van der Waals surface area (Å²) in [5.74, 6) is 0.483. The lowest BCUT2D eigenvalue weighted by Crippen LogP contribution is -2.44. The van der Waals surface area contributed by atoms with E-state index < -0.39 is 0 Å². The van der Waals surface area contributed by atoms with Gasteiger partial charge in [-0.15, -0.1) is 0 Å². The van der Waals surface area contributed by atoms with Gasteiger partial charge in [0.2, 0.25) is 5.91 Å². The lowest BCUT2D eigenvalue weighted by atomic mass is 10.1. The van der Waals surface area contributed by atoms with Crippen LogP contribution in [0.15, 0.2) is 29.4 Å². The molecule has 1 aromatic carbocycles. The van der Waals surface area contributed by atoms with Crippen LogP contribution >= 0.6 is 0 Å². The minimum atomic E-state index is -0.153. The molecule has 0 unspecified atom stereocenters. The SMILES string of the molecule is CN1N=C(C(=O)N2CCOc3ccccc32)CCC1=O. The maximum atomic E-state index is 12.6. The molecule has 6 heteroatoms. The number of anilines is 1. The number of carbonyl (C=O) groups excluding carboxylic acids is 2. The van der Waals surface area contributed by atoms with Gasteiger partial charge in [-0.05, 0) is 12.1 Å².